The van der Waals surface area contributed by atoms with Crippen molar-refractivity contribution in [3.63, 3.8) is 0 Å². The number of hydrogen-bond acceptors (Lipinski definition) is 4. The maximum absolute atomic E-state index is 12.1. The molecule has 0 bridgehead atoms. The summed E-state index contributed by atoms with van der Waals surface area (Å²) in [6.45, 7) is 1.84. The summed E-state index contributed by atoms with van der Waals surface area (Å²) in [5.74, 6) is -0.265. The SMILES string of the molecule is Cc1cccc(C(=O)Nc2nc3ccc(Cl)cc3s2)n1. The number of amides is 1. The molecule has 1 N–H and O–H groups in total. The van der Waals surface area contributed by atoms with E-state index in [1.54, 1.807) is 18.2 Å². The minimum absolute atomic E-state index is 0.265. The Hall–Kier alpha value is -1.98. The number of rotatable bonds is 2. The first-order valence-electron chi connectivity index (χ1n) is 5.93. The Morgan fingerprint density at radius 3 is 2.90 bits per heavy atom. The molecular weight excluding hydrogens is 294 g/mol. The van der Waals surface area contributed by atoms with E-state index >= 15 is 0 Å². The van der Waals surface area contributed by atoms with Gasteiger partial charge in [0.2, 0.25) is 0 Å². The van der Waals surface area contributed by atoms with Crippen molar-refractivity contribution in [2.24, 2.45) is 0 Å². The van der Waals surface area contributed by atoms with Gasteiger partial charge in [-0.3, -0.25) is 10.1 Å². The quantitative estimate of drug-likeness (QED) is 0.781. The van der Waals surface area contributed by atoms with Gasteiger partial charge >= 0.3 is 0 Å². The van der Waals surface area contributed by atoms with Crippen LogP contribution in [0.1, 0.15) is 16.2 Å². The molecule has 3 rings (SSSR count). The molecule has 0 radical (unpaired) electrons. The molecule has 2 aromatic heterocycles. The Kier molecular flexibility index (Phi) is 3.38. The molecule has 0 aliphatic heterocycles. The van der Waals surface area contributed by atoms with E-state index in [2.05, 4.69) is 15.3 Å². The number of aryl methyl sites for hydroxylation is 1. The lowest BCUT2D eigenvalue weighted by Gasteiger charge is -2.01. The number of anilines is 1. The van der Waals surface area contributed by atoms with E-state index in [9.17, 15) is 4.79 Å². The number of thiazole rings is 1. The van der Waals surface area contributed by atoms with Crippen LogP contribution in [0.2, 0.25) is 5.02 Å². The minimum atomic E-state index is -0.265. The second-order valence-electron chi connectivity index (χ2n) is 4.25. The Bertz CT molecular complexity index is 800. The first kappa shape index (κ1) is 13.0. The predicted molar refractivity (Wildman–Crippen MR) is 81.6 cm³/mol. The van der Waals surface area contributed by atoms with Gasteiger partial charge in [0.1, 0.15) is 5.69 Å². The van der Waals surface area contributed by atoms with Gasteiger partial charge in [-0.1, -0.05) is 29.0 Å². The number of carbonyl (C=O) groups is 1. The van der Waals surface area contributed by atoms with Crippen molar-refractivity contribution in [3.05, 3.63) is 52.8 Å². The molecular formula is C14H10ClN3OS. The summed E-state index contributed by atoms with van der Waals surface area (Å²) in [7, 11) is 0. The van der Waals surface area contributed by atoms with E-state index in [0.717, 1.165) is 15.9 Å². The van der Waals surface area contributed by atoms with Crippen molar-refractivity contribution in [2.45, 2.75) is 6.92 Å². The van der Waals surface area contributed by atoms with Gasteiger partial charge in [-0.15, -0.1) is 0 Å². The maximum atomic E-state index is 12.1. The van der Waals surface area contributed by atoms with Crippen LogP contribution in [0.15, 0.2) is 36.4 Å². The average Bonchev–Trinajstić information content (AvgIpc) is 2.80. The summed E-state index contributed by atoms with van der Waals surface area (Å²) >= 11 is 7.31. The fourth-order valence-electron chi connectivity index (χ4n) is 1.78. The number of hydrogen-bond donors (Lipinski definition) is 1. The van der Waals surface area contributed by atoms with Crippen LogP contribution in [0.4, 0.5) is 5.13 Å². The number of nitrogens with one attached hydrogen (secondary N) is 1. The lowest BCUT2D eigenvalue weighted by atomic mass is 10.3. The molecule has 0 saturated carbocycles. The van der Waals surface area contributed by atoms with Crippen LogP contribution in [-0.4, -0.2) is 15.9 Å². The van der Waals surface area contributed by atoms with E-state index in [-0.39, 0.29) is 5.91 Å². The van der Waals surface area contributed by atoms with Gasteiger partial charge in [0, 0.05) is 10.7 Å². The third-order valence-corrected chi connectivity index (χ3v) is 3.86. The lowest BCUT2D eigenvalue weighted by molar-refractivity contribution is 0.102. The third-order valence-electron chi connectivity index (χ3n) is 2.69. The van der Waals surface area contributed by atoms with Gasteiger partial charge < -0.3 is 0 Å². The molecule has 0 atom stereocenters. The van der Waals surface area contributed by atoms with Crippen molar-refractivity contribution in [3.8, 4) is 0 Å². The molecule has 0 spiro atoms. The standard InChI is InChI=1S/C14H10ClN3OS/c1-8-3-2-4-11(16-8)13(19)18-14-17-10-6-5-9(15)7-12(10)20-14/h2-7H,1H3,(H,17,18,19). The highest BCUT2D eigenvalue weighted by atomic mass is 35.5. The molecule has 6 heteroatoms. The van der Waals surface area contributed by atoms with Gasteiger partial charge in [0.15, 0.2) is 5.13 Å². The Labute approximate surface area is 124 Å². The summed E-state index contributed by atoms with van der Waals surface area (Å²) in [5.41, 5.74) is 1.99. The fraction of sp³-hybridized carbons (Fsp3) is 0.0714. The number of halogens is 1. The molecule has 0 aliphatic rings. The zero-order valence-electron chi connectivity index (χ0n) is 10.6. The van der Waals surface area contributed by atoms with Gasteiger partial charge in [-0.2, -0.15) is 0 Å². The summed E-state index contributed by atoms with van der Waals surface area (Å²) in [4.78, 5) is 20.6. The monoisotopic (exact) mass is 303 g/mol. The van der Waals surface area contributed by atoms with Crippen molar-refractivity contribution in [1.82, 2.24) is 9.97 Å². The molecule has 0 unspecified atom stereocenters. The molecule has 2 heterocycles. The van der Waals surface area contributed by atoms with Crippen LogP contribution < -0.4 is 5.32 Å². The highest BCUT2D eigenvalue weighted by molar-refractivity contribution is 7.22. The lowest BCUT2D eigenvalue weighted by Crippen LogP contribution is -2.13. The van der Waals surface area contributed by atoms with E-state index in [0.29, 0.717) is 15.8 Å². The largest absolute Gasteiger partial charge is 0.296 e. The number of pyridine rings is 1. The number of nitrogens with zero attached hydrogens (tertiary/aromatic N) is 2. The Morgan fingerprint density at radius 1 is 1.25 bits per heavy atom. The Balaban J connectivity index is 1.87. The van der Waals surface area contributed by atoms with Gasteiger partial charge in [-0.25, -0.2) is 9.97 Å². The molecule has 0 fully saturated rings. The summed E-state index contributed by atoms with van der Waals surface area (Å²) < 4.78 is 0.935. The van der Waals surface area contributed by atoms with E-state index in [1.165, 1.54) is 11.3 Å². The smallest absolute Gasteiger partial charge is 0.276 e. The van der Waals surface area contributed by atoms with E-state index in [1.807, 2.05) is 25.1 Å². The topological polar surface area (TPSA) is 54.9 Å². The third kappa shape index (κ3) is 2.64. The summed E-state index contributed by atoms with van der Waals surface area (Å²) in [5, 5.41) is 3.95. The highest BCUT2D eigenvalue weighted by Crippen LogP contribution is 2.28. The zero-order chi connectivity index (χ0) is 14.1. The summed E-state index contributed by atoms with van der Waals surface area (Å²) in [6.07, 6.45) is 0. The molecule has 3 aromatic rings. The van der Waals surface area contributed by atoms with Gasteiger partial charge in [0.05, 0.1) is 10.2 Å². The number of fused-ring (bicyclic) bond motifs is 1. The minimum Gasteiger partial charge on any atom is -0.296 e. The summed E-state index contributed by atoms with van der Waals surface area (Å²) in [6, 6.07) is 10.7. The average molecular weight is 304 g/mol. The van der Waals surface area contributed by atoms with Crippen LogP contribution in [0, 0.1) is 6.92 Å². The number of carbonyl (C=O) groups excluding carboxylic acids is 1. The van der Waals surface area contributed by atoms with Crippen LogP contribution >= 0.6 is 22.9 Å². The van der Waals surface area contributed by atoms with E-state index in [4.69, 9.17) is 11.6 Å². The zero-order valence-corrected chi connectivity index (χ0v) is 12.1. The number of benzene rings is 1. The first-order valence-corrected chi connectivity index (χ1v) is 7.12. The van der Waals surface area contributed by atoms with Crippen molar-refractivity contribution in [1.29, 1.82) is 0 Å². The molecule has 100 valence electrons. The molecule has 1 aromatic carbocycles. The van der Waals surface area contributed by atoms with E-state index < -0.39 is 0 Å². The van der Waals surface area contributed by atoms with Crippen LogP contribution in [-0.2, 0) is 0 Å². The predicted octanol–water partition coefficient (Wildman–Crippen LogP) is 3.91. The maximum Gasteiger partial charge on any atom is 0.276 e. The molecule has 1 amide bonds. The molecule has 20 heavy (non-hydrogen) atoms. The highest BCUT2D eigenvalue weighted by Gasteiger charge is 2.11. The van der Waals surface area contributed by atoms with Crippen molar-refractivity contribution >= 4 is 44.2 Å². The molecule has 0 saturated heterocycles. The van der Waals surface area contributed by atoms with Gasteiger partial charge in [-0.05, 0) is 37.3 Å². The van der Waals surface area contributed by atoms with Crippen molar-refractivity contribution in [2.75, 3.05) is 5.32 Å². The second-order valence-corrected chi connectivity index (χ2v) is 5.72. The molecule has 0 aliphatic carbocycles. The Morgan fingerprint density at radius 2 is 2.10 bits per heavy atom. The first-order chi connectivity index (χ1) is 9.61. The molecule has 4 nitrogen and oxygen atoms in total. The van der Waals surface area contributed by atoms with Crippen molar-refractivity contribution < 1.29 is 4.79 Å². The van der Waals surface area contributed by atoms with Crippen LogP contribution in [0.25, 0.3) is 10.2 Å². The normalized spacial score (nSPS) is 10.7. The second kappa shape index (κ2) is 5.19. The number of aromatic nitrogens is 2. The van der Waals surface area contributed by atoms with Gasteiger partial charge in [0.25, 0.3) is 5.91 Å². The van der Waals surface area contributed by atoms with Crippen LogP contribution in [0.3, 0.4) is 0 Å². The van der Waals surface area contributed by atoms with Crippen LogP contribution in [0.5, 0.6) is 0 Å². The fourth-order valence-corrected chi connectivity index (χ4v) is 2.92.